The number of aryl methyl sites for hydroxylation is 1. The molecule has 2 rings (SSSR count). The molecule has 1 heterocycles. The van der Waals surface area contributed by atoms with Gasteiger partial charge in [-0.15, -0.1) is 0 Å². The van der Waals surface area contributed by atoms with Crippen LogP contribution >= 0.6 is 0 Å². The molecule has 1 aromatic carbocycles. The summed E-state index contributed by atoms with van der Waals surface area (Å²) < 4.78 is 0. The van der Waals surface area contributed by atoms with Crippen LogP contribution in [0.3, 0.4) is 0 Å². The lowest BCUT2D eigenvalue weighted by molar-refractivity contribution is 1.03. The van der Waals surface area contributed by atoms with E-state index < -0.39 is 0 Å². The zero-order valence-electron chi connectivity index (χ0n) is 9.53. The molecule has 17 heavy (non-hydrogen) atoms. The largest absolute Gasteiger partial charge is 0.353 e. The van der Waals surface area contributed by atoms with Gasteiger partial charge in [0.1, 0.15) is 0 Å². The van der Waals surface area contributed by atoms with Crippen molar-refractivity contribution in [2.24, 2.45) is 5.73 Å². The van der Waals surface area contributed by atoms with Gasteiger partial charge in [0.2, 0.25) is 0 Å². The molecule has 0 fully saturated rings. The minimum Gasteiger partial charge on any atom is -0.353 e. The van der Waals surface area contributed by atoms with E-state index in [1.807, 2.05) is 31.2 Å². The smallest absolute Gasteiger partial charge is 0.345 e. The van der Waals surface area contributed by atoms with E-state index in [9.17, 15) is 4.79 Å². The minimum atomic E-state index is -0.341. The fourth-order valence-electron chi connectivity index (χ4n) is 1.49. The summed E-state index contributed by atoms with van der Waals surface area (Å²) >= 11 is 0. The second-order valence-corrected chi connectivity index (χ2v) is 3.75. The van der Waals surface area contributed by atoms with Crippen LogP contribution in [0.5, 0.6) is 0 Å². The second kappa shape index (κ2) is 4.80. The van der Waals surface area contributed by atoms with Gasteiger partial charge in [-0.25, -0.2) is 4.79 Å². The van der Waals surface area contributed by atoms with E-state index in [0.717, 1.165) is 22.6 Å². The minimum absolute atomic E-state index is 0.341. The summed E-state index contributed by atoms with van der Waals surface area (Å²) in [4.78, 5) is 17.3. The number of aromatic nitrogens is 2. The molecule has 0 amide bonds. The Kier molecular flexibility index (Phi) is 3.20. The van der Waals surface area contributed by atoms with Crippen molar-refractivity contribution in [2.45, 2.75) is 13.5 Å². The molecule has 0 bridgehead atoms. The van der Waals surface area contributed by atoms with E-state index in [2.05, 4.69) is 15.3 Å². The Balaban J connectivity index is 2.22. The van der Waals surface area contributed by atoms with Crippen molar-refractivity contribution in [3.63, 3.8) is 0 Å². The van der Waals surface area contributed by atoms with Crippen LogP contribution in [0.1, 0.15) is 11.3 Å². The van der Waals surface area contributed by atoms with Gasteiger partial charge >= 0.3 is 5.69 Å². The Morgan fingerprint density at radius 3 is 2.65 bits per heavy atom. The number of nitrogens with zero attached hydrogens (tertiary/aromatic N) is 1. The molecule has 4 N–H and O–H groups in total. The van der Waals surface area contributed by atoms with Gasteiger partial charge in [-0.1, -0.05) is 12.1 Å². The molecule has 0 saturated carbocycles. The number of rotatable bonds is 3. The lowest BCUT2D eigenvalue weighted by atomic mass is 10.2. The maximum absolute atomic E-state index is 11.0. The molecule has 0 atom stereocenters. The molecule has 2 aromatic rings. The van der Waals surface area contributed by atoms with Crippen molar-refractivity contribution in [2.75, 3.05) is 5.32 Å². The van der Waals surface area contributed by atoms with Crippen LogP contribution in [0.25, 0.3) is 0 Å². The number of aromatic amines is 1. The van der Waals surface area contributed by atoms with Crippen molar-refractivity contribution >= 4 is 11.4 Å². The third kappa shape index (κ3) is 2.70. The molecule has 0 aliphatic rings. The van der Waals surface area contributed by atoms with Gasteiger partial charge in [-0.2, -0.15) is 4.98 Å². The van der Waals surface area contributed by atoms with Crippen LogP contribution in [-0.4, -0.2) is 9.97 Å². The maximum atomic E-state index is 11.0. The summed E-state index contributed by atoms with van der Waals surface area (Å²) in [6.07, 6.45) is 1.52. The first kappa shape index (κ1) is 11.3. The first-order valence-electron chi connectivity index (χ1n) is 5.31. The third-order valence-electron chi connectivity index (χ3n) is 2.48. The van der Waals surface area contributed by atoms with E-state index in [-0.39, 0.29) is 5.69 Å². The average Bonchev–Trinajstić information content (AvgIpc) is 2.34. The Morgan fingerprint density at radius 1 is 1.35 bits per heavy atom. The van der Waals surface area contributed by atoms with E-state index in [4.69, 9.17) is 5.73 Å². The Bertz CT molecular complexity index is 559. The number of H-pyrrole nitrogens is 1. The summed E-state index contributed by atoms with van der Waals surface area (Å²) in [5, 5.41) is 3.18. The predicted octanol–water partition coefficient (Wildman–Crippen LogP) is 1.28. The standard InChI is InChI=1S/C12H14N4O/c1-8-11(7-14-12(17)15-8)16-10-4-2-9(6-13)3-5-10/h2-5,7,16H,6,13H2,1H3,(H,14,15,17). The van der Waals surface area contributed by atoms with Crippen molar-refractivity contribution in [1.29, 1.82) is 0 Å². The van der Waals surface area contributed by atoms with Crippen molar-refractivity contribution < 1.29 is 0 Å². The Labute approximate surface area is 98.7 Å². The van der Waals surface area contributed by atoms with E-state index in [0.29, 0.717) is 6.54 Å². The number of nitrogens with one attached hydrogen (secondary N) is 2. The van der Waals surface area contributed by atoms with Gasteiger partial charge in [0.05, 0.1) is 11.9 Å². The topological polar surface area (TPSA) is 83.8 Å². The number of nitrogens with two attached hydrogens (primary N) is 1. The van der Waals surface area contributed by atoms with Gasteiger partial charge in [-0.3, -0.25) is 0 Å². The molecule has 0 aliphatic heterocycles. The maximum Gasteiger partial charge on any atom is 0.345 e. The quantitative estimate of drug-likeness (QED) is 0.741. The fourth-order valence-corrected chi connectivity index (χ4v) is 1.49. The summed E-state index contributed by atoms with van der Waals surface area (Å²) in [7, 11) is 0. The summed E-state index contributed by atoms with van der Waals surface area (Å²) in [6, 6.07) is 7.78. The molecule has 0 aliphatic carbocycles. The van der Waals surface area contributed by atoms with Gasteiger partial charge in [-0.05, 0) is 24.6 Å². The van der Waals surface area contributed by atoms with Crippen molar-refractivity contribution in [3.05, 3.63) is 52.2 Å². The lowest BCUT2D eigenvalue weighted by Gasteiger charge is -2.08. The van der Waals surface area contributed by atoms with E-state index in [1.165, 1.54) is 6.20 Å². The monoisotopic (exact) mass is 230 g/mol. The highest BCUT2D eigenvalue weighted by molar-refractivity contribution is 5.60. The first-order valence-corrected chi connectivity index (χ1v) is 5.31. The second-order valence-electron chi connectivity index (χ2n) is 3.75. The molecular weight excluding hydrogens is 216 g/mol. The molecular formula is C12H14N4O. The van der Waals surface area contributed by atoms with Crippen molar-refractivity contribution in [1.82, 2.24) is 9.97 Å². The fraction of sp³-hybridized carbons (Fsp3) is 0.167. The molecule has 1 aromatic heterocycles. The summed E-state index contributed by atoms with van der Waals surface area (Å²) in [6.45, 7) is 2.35. The van der Waals surface area contributed by atoms with Gasteiger partial charge in [0.25, 0.3) is 0 Å². The average molecular weight is 230 g/mol. The Morgan fingerprint density at radius 2 is 2.06 bits per heavy atom. The van der Waals surface area contributed by atoms with Gasteiger partial charge < -0.3 is 16.0 Å². The van der Waals surface area contributed by atoms with E-state index in [1.54, 1.807) is 0 Å². The van der Waals surface area contributed by atoms with Gasteiger partial charge in [0, 0.05) is 17.9 Å². The highest BCUT2D eigenvalue weighted by Crippen LogP contribution is 2.17. The molecule has 0 spiro atoms. The number of anilines is 2. The summed E-state index contributed by atoms with van der Waals surface area (Å²) in [5.41, 5.74) is 8.73. The Hall–Kier alpha value is -2.14. The van der Waals surface area contributed by atoms with Crippen LogP contribution in [0.15, 0.2) is 35.3 Å². The molecule has 0 unspecified atom stereocenters. The molecule has 0 saturated heterocycles. The van der Waals surface area contributed by atoms with E-state index >= 15 is 0 Å². The molecule has 5 nitrogen and oxygen atoms in total. The van der Waals surface area contributed by atoms with Crippen LogP contribution in [0, 0.1) is 6.92 Å². The molecule has 0 radical (unpaired) electrons. The van der Waals surface area contributed by atoms with Crippen LogP contribution in [0.2, 0.25) is 0 Å². The van der Waals surface area contributed by atoms with Gasteiger partial charge in [0.15, 0.2) is 0 Å². The highest BCUT2D eigenvalue weighted by Gasteiger charge is 2.00. The molecule has 5 heteroatoms. The molecule has 88 valence electrons. The number of benzene rings is 1. The first-order chi connectivity index (χ1) is 8.19. The third-order valence-corrected chi connectivity index (χ3v) is 2.48. The number of hydrogen-bond donors (Lipinski definition) is 3. The lowest BCUT2D eigenvalue weighted by Crippen LogP contribution is -2.12. The zero-order valence-corrected chi connectivity index (χ0v) is 9.53. The SMILES string of the molecule is Cc1[nH]c(=O)ncc1Nc1ccc(CN)cc1. The summed E-state index contributed by atoms with van der Waals surface area (Å²) in [5.74, 6) is 0. The van der Waals surface area contributed by atoms with Crippen LogP contribution in [-0.2, 0) is 6.54 Å². The number of hydrogen-bond acceptors (Lipinski definition) is 4. The normalized spacial score (nSPS) is 10.2. The predicted molar refractivity (Wildman–Crippen MR) is 67.2 cm³/mol. The van der Waals surface area contributed by atoms with Crippen LogP contribution in [0.4, 0.5) is 11.4 Å². The zero-order chi connectivity index (χ0) is 12.3. The van der Waals surface area contributed by atoms with Crippen molar-refractivity contribution in [3.8, 4) is 0 Å². The highest BCUT2D eigenvalue weighted by atomic mass is 16.1. The van der Waals surface area contributed by atoms with Crippen LogP contribution < -0.4 is 16.7 Å².